The average molecular weight is 280 g/mol. The monoisotopic (exact) mass is 279 g/mol. The SMILES string of the molecule is CC1CCOC1C(Cl)c1ccc2c(c1)C(=O)NCC2. The number of nitrogens with one attached hydrogen (secondary N) is 1. The van der Waals surface area contributed by atoms with Crippen LogP contribution < -0.4 is 5.32 Å². The number of carbonyl (C=O) groups is 1. The average Bonchev–Trinajstić information content (AvgIpc) is 2.84. The fourth-order valence-corrected chi connectivity index (χ4v) is 3.34. The molecule has 19 heavy (non-hydrogen) atoms. The van der Waals surface area contributed by atoms with E-state index < -0.39 is 0 Å². The first-order valence-corrected chi connectivity index (χ1v) is 7.27. The van der Waals surface area contributed by atoms with Gasteiger partial charge in [-0.1, -0.05) is 19.1 Å². The second-order valence-electron chi connectivity index (χ2n) is 5.43. The zero-order valence-electron chi connectivity index (χ0n) is 11.0. The van der Waals surface area contributed by atoms with Gasteiger partial charge < -0.3 is 10.1 Å². The lowest BCUT2D eigenvalue weighted by atomic mass is 9.92. The first-order chi connectivity index (χ1) is 9.16. The molecule has 2 aliphatic heterocycles. The van der Waals surface area contributed by atoms with Crippen molar-refractivity contribution in [1.29, 1.82) is 0 Å². The number of halogens is 1. The second kappa shape index (κ2) is 5.14. The third-order valence-corrected chi connectivity index (χ3v) is 4.61. The van der Waals surface area contributed by atoms with Crippen LogP contribution in [0.2, 0.25) is 0 Å². The van der Waals surface area contributed by atoms with Gasteiger partial charge in [-0.25, -0.2) is 0 Å². The number of ether oxygens (including phenoxy) is 1. The van der Waals surface area contributed by atoms with Crippen LogP contribution in [0.3, 0.4) is 0 Å². The van der Waals surface area contributed by atoms with E-state index in [0.717, 1.165) is 42.7 Å². The Morgan fingerprint density at radius 1 is 1.47 bits per heavy atom. The molecule has 3 nitrogen and oxygen atoms in total. The molecular formula is C15H18ClNO2. The molecule has 1 saturated heterocycles. The summed E-state index contributed by atoms with van der Waals surface area (Å²) in [5.74, 6) is 0.472. The van der Waals surface area contributed by atoms with Gasteiger partial charge in [-0.15, -0.1) is 11.6 Å². The maximum Gasteiger partial charge on any atom is 0.251 e. The molecule has 2 aliphatic rings. The van der Waals surface area contributed by atoms with Gasteiger partial charge in [0.25, 0.3) is 5.91 Å². The summed E-state index contributed by atoms with van der Waals surface area (Å²) in [6, 6.07) is 5.98. The molecule has 3 unspecified atom stereocenters. The first kappa shape index (κ1) is 12.9. The van der Waals surface area contributed by atoms with E-state index in [1.807, 2.05) is 18.2 Å². The van der Waals surface area contributed by atoms with Crippen molar-refractivity contribution in [3.8, 4) is 0 Å². The van der Waals surface area contributed by atoms with Gasteiger partial charge in [0.15, 0.2) is 0 Å². The van der Waals surface area contributed by atoms with E-state index in [2.05, 4.69) is 12.2 Å². The van der Waals surface area contributed by atoms with Gasteiger partial charge in [-0.2, -0.15) is 0 Å². The summed E-state index contributed by atoms with van der Waals surface area (Å²) in [6.45, 7) is 3.66. The Morgan fingerprint density at radius 3 is 3.05 bits per heavy atom. The highest BCUT2D eigenvalue weighted by Crippen LogP contribution is 2.36. The highest BCUT2D eigenvalue weighted by molar-refractivity contribution is 6.21. The molecule has 0 radical (unpaired) electrons. The van der Waals surface area contributed by atoms with E-state index in [-0.39, 0.29) is 17.4 Å². The van der Waals surface area contributed by atoms with Crippen molar-refractivity contribution >= 4 is 17.5 Å². The van der Waals surface area contributed by atoms with Gasteiger partial charge in [0.2, 0.25) is 0 Å². The van der Waals surface area contributed by atoms with Crippen molar-refractivity contribution < 1.29 is 9.53 Å². The molecule has 102 valence electrons. The minimum absolute atomic E-state index is 0.00681. The highest BCUT2D eigenvalue weighted by atomic mass is 35.5. The van der Waals surface area contributed by atoms with E-state index in [9.17, 15) is 4.79 Å². The molecule has 1 aromatic rings. The van der Waals surface area contributed by atoms with Crippen molar-refractivity contribution in [2.45, 2.75) is 31.2 Å². The molecule has 3 rings (SSSR count). The molecule has 1 amide bonds. The Bertz CT molecular complexity index is 503. The molecular weight excluding hydrogens is 262 g/mol. The standard InChI is InChI=1S/C15H18ClNO2/c1-9-5-7-19-14(9)13(16)11-3-2-10-4-6-17-15(18)12(10)8-11/h2-3,8-9,13-14H,4-7H2,1H3,(H,17,18). The van der Waals surface area contributed by atoms with Crippen LogP contribution >= 0.6 is 11.6 Å². The molecule has 0 aliphatic carbocycles. The van der Waals surface area contributed by atoms with E-state index in [4.69, 9.17) is 16.3 Å². The summed E-state index contributed by atoms with van der Waals surface area (Å²) >= 11 is 6.54. The zero-order valence-corrected chi connectivity index (χ0v) is 11.7. The van der Waals surface area contributed by atoms with Crippen LogP contribution in [-0.4, -0.2) is 25.2 Å². The van der Waals surface area contributed by atoms with Gasteiger partial charge in [0.05, 0.1) is 11.5 Å². The minimum Gasteiger partial charge on any atom is -0.376 e. The van der Waals surface area contributed by atoms with E-state index in [0.29, 0.717) is 5.92 Å². The molecule has 4 heteroatoms. The van der Waals surface area contributed by atoms with Crippen molar-refractivity contribution in [2.24, 2.45) is 5.92 Å². The van der Waals surface area contributed by atoms with Crippen LogP contribution in [0.1, 0.15) is 40.2 Å². The molecule has 1 N–H and O–H groups in total. The summed E-state index contributed by atoms with van der Waals surface area (Å²) in [4.78, 5) is 11.9. The van der Waals surface area contributed by atoms with Crippen LogP contribution in [0.4, 0.5) is 0 Å². The number of amides is 1. The quantitative estimate of drug-likeness (QED) is 0.846. The minimum atomic E-state index is -0.183. The summed E-state index contributed by atoms with van der Waals surface area (Å²) < 4.78 is 5.72. The first-order valence-electron chi connectivity index (χ1n) is 6.83. The topological polar surface area (TPSA) is 38.3 Å². The molecule has 2 heterocycles. The molecule has 1 fully saturated rings. The Morgan fingerprint density at radius 2 is 2.32 bits per heavy atom. The summed E-state index contributed by atoms with van der Waals surface area (Å²) in [7, 11) is 0. The third kappa shape index (κ3) is 2.37. The van der Waals surface area contributed by atoms with Crippen LogP contribution in [0.15, 0.2) is 18.2 Å². The summed E-state index contributed by atoms with van der Waals surface area (Å²) in [5.41, 5.74) is 2.85. The number of benzene rings is 1. The Kier molecular flexibility index (Phi) is 3.50. The Balaban J connectivity index is 1.89. The smallest absolute Gasteiger partial charge is 0.251 e. The fourth-order valence-electron chi connectivity index (χ4n) is 2.88. The lowest BCUT2D eigenvalue weighted by Gasteiger charge is -2.23. The van der Waals surface area contributed by atoms with E-state index >= 15 is 0 Å². The number of rotatable bonds is 2. The van der Waals surface area contributed by atoms with Crippen molar-refractivity contribution in [1.82, 2.24) is 5.32 Å². The van der Waals surface area contributed by atoms with E-state index in [1.54, 1.807) is 0 Å². The second-order valence-corrected chi connectivity index (χ2v) is 5.90. The number of hydrogen-bond donors (Lipinski definition) is 1. The van der Waals surface area contributed by atoms with Crippen molar-refractivity contribution in [2.75, 3.05) is 13.2 Å². The largest absolute Gasteiger partial charge is 0.376 e. The highest BCUT2D eigenvalue weighted by Gasteiger charge is 2.32. The van der Waals surface area contributed by atoms with Gasteiger partial charge in [0.1, 0.15) is 0 Å². The van der Waals surface area contributed by atoms with E-state index in [1.165, 1.54) is 0 Å². The number of fused-ring (bicyclic) bond motifs is 1. The Hall–Kier alpha value is -1.06. The molecule has 0 aromatic heterocycles. The van der Waals surface area contributed by atoms with Gasteiger partial charge in [-0.05, 0) is 36.0 Å². The number of hydrogen-bond acceptors (Lipinski definition) is 2. The summed E-state index contributed by atoms with van der Waals surface area (Å²) in [5, 5.41) is 2.69. The third-order valence-electron chi connectivity index (χ3n) is 4.11. The number of carbonyl (C=O) groups excluding carboxylic acids is 1. The lowest BCUT2D eigenvalue weighted by molar-refractivity contribution is 0.0899. The maximum atomic E-state index is 11.9. The fraction of sp³-hybridized carbons (Fsp3) is 0.533. The lowest BCUT2D eigenvalue weighted by Crippen LogP contribution is -2.32. The summed E-state index contributed by atoms with van der Waals surface area (Å²) in [6.07, 6.45) is 2.00. The van der Waals surface area contributed by atoms with Crippen LogP contribution in [0.25, 0.3) is 0 Å². The van der Waals surface area contributed by atoms with Crippen LogP contribution in [-0.2, 0) is 11.2 Å². The Labute approximate surface area is 118 Å². The molecule has 1 aromatic carbocycles. The van der Waals surface area contributed by atoms with Gasteiger partial charge >= 0.3 is 0 Å². The van der Waals surface area contributed by atoms with Crippen LogP contribution in [0, 0.1) is 5.92 Å². The number of alkyl halides is 1. The predicted octanol–water partition coefficient (Wildman–Crippen LogP) is 2.68. The molecule has 0 bridgehead atoms. The molecule has 0 spiro atoms. The van der Waals surface area contributed by atoms with Gasteiger partial charge in [0, 0.05) is 18.7 Å². The maximum absolute atomic E-state index is 11.9. The zero-order chi connectivity index (χ0) is 13.4. The molecule has 3 atom stereocenters. The predicted molar refractivity (Wildman–Crippen MR) is 74.6 cm³/mol. The van der Waals surface area contributed by atoms with Crippen molar-refractivity contribution in [3.05, 3.63) is 34.9 Å². The van der Waals surface area contributed by atoms with Crippen LogP contribution in [0.5, 0.6) is 0 Å². The normalized spacial score (nSPS) is 27.8. The van der Waals surface area contributed by atoms with Gasteiger partial charge in [-0.3, -0.25) is 4.79 Å². The molecule has 0 saturated carbocycles. The van der Waals surface area contributed by atoms with Crippen molar-refractivity contribution in [3.63, 3.8) is 0 Å².